The van der Waals surface area contributed by atoms with Gasteiger partial charge in [0.2, 0.25) is 11.8 Å². The summed E-state index contributed by atoms with van der Waals surface area (Å²) >= 11 is 7.15. The van der Waals surface area contributed by atoms with E-state index in [1.807, 2.05) is 6.92 Å². The number of amides is 2. The number of hydrogen-bond donors (Lipinski definition) is 2. The van der Waals surface area contributed by atoms with E-state index in [9.17, 15) is 18.0 Å². The van der Waals surface area contributed by atoms with Crippen LogP contribution in [0.5, 0.6) is 0 Å². The van der Waals surface area contributed by atoms with Crippen LogP contribution < -0.4 is 10.6 Å². The van der Waals surface area contributed by atoms with Crippen LogP contribution in [0.3, 0.4) is 0 Å². The summed E-state index contributed by atoms with van der Waals surface area (Å²) in [5, 5.41) is 5.53. The van der Waals surface area contributed by atoms with E-state index in [0.717, 1.165) is 4.90 Å². The number of anilines is 2. The van der Waals surface area contributed by atoms with Gasteiger partial charge in [-0.15, -0.1) is 11.8 Å². The zero-order chi connectivity index (χ0) is 20.3. The van der Waals surface area contributed by atoms with E-state index < -0.39 is 15.7 Å². The lowest BCUT2D eigenvalue weighted by Gasteiger charge is -2.23. The van der Waals surface area contributed by atoms with Crippen LogP contribution in [-0.2, 0) is 19.4 Å². The number of pyridine rings is 1. The van der Waals surface area contributed by atoms with E-state index in [0.29, 0.717) is 22.9 Å². The van der Waals surface area contributed by atoms with Crippen LogP contribution in [0.4, 0.5) is 11.5 Å². The van der Waals surface area contributed by atoms with Crippen LogP contribution in [0.2, 0.25) is 5.02 Å². The van der Waals surface area contributed by atoms with Gasteiger partial charge in [0, 0.05) is 17.5 Å². The Bertz CT molecular complexity index is 1010. The molecule has 148 valence electrons. The standard InChI is InChI=1S/C18H18ClN3O4S2/c1-2-14-18(24)21-13-9-12(4-5-15(13)27-14)28(25,26)8-7-17(23)22-16-6-3-11(19)10-20-16/h3-6,9-10,14H,2,7-8H2,1H3,(H,21,24)(H,20,22,23)/t14-/m1/s1. The summed E-state index contributed by atoms with van der Waals surface area (Å²) in [6.07, 6.45) is 1.85. The molecule has 2 amide bonds. The minimum Gasteiger partial charge on any atom is -0.324 e. The van der Waals surface area contributed by atoms with Gasteiger partial charge >= 0.3 is 0 Å². The van der Waals surface area contributed by atoms with E-state index in [-0.39, 0.29) is 28.2 Å². The van der Waals surface area contributed by atoms with Crippen molar-refractivity contribution in [1.82, 2.24) is 4.98 Å². The zero-order valence-corrected chi connectivity index (χ0v) is 17.3. The third kappa shape index (κ3) is 4.84. The Hall–Kier alpha value is -2.10. The smallest absolute Gasteiger partial charge is 0.237 e. The third-order valence-electron chi connectivity index (χ3n) is 4.09. The van der Waals surface area contributed by atoms with Gasteiger partial charge in [-0.05, 0) is 36.8 Å². The number of aromatic nitrogens is 1. The quantitative estimate of drug-likeness (QED) is 0.714. The van der Waals surface area contributed by atoms with Crippen LogP contribution in [0, 0.1) is 0 Å². The maximum atomic E-state index is 12.6. The number of nitrogens with one attached hydrogen (secondary N) is 2. The van der Waals surface area contributed by atoms with Gasteiger partial charge in [-0.25, -0.2) is 13.4 Å². The molecule has 0 radical (unpaired) electrons. The third-order valence-corrected chi connectivity index (χ3v) is 7.47. The molecule has 1 aliphatic rings. The Morgan fingerprint density at radius 1 is 1.32 bits per heavy atom. The molecular weight excluding hydrogens is 422 g/mol. The SMILES string of the molecule is CC[C@H]1Sc2ccc(S(=O)(=O)CCC(=O)Nc3ccc(Cl)cn3)cc2NC1=O. The van der Waals surface area contributed by atoms with E-state index in [1.165, 1.54) is 36.2 Å². The summed E-state index contributed by atoms with van der Waals surface area (Å²) in [7, 11) is -3.69. The number of carbonyl (C=O) groups is 2. The normalized spacial score (nSPS) is 16.2. The second-order valence-corrected chi connectivity index (χ2v) is 9.93. The highest BCUT2D eigenvalue weighted by Gasteiger charge is 2.27. The van der Waals surface area contributed by atoms with Crippen LogP contribution in [0.1, 0.15) is 19.8 Å². The molecule has 2 aromatic rings. The average Bonchev–Trinajstić information content (AvgIpc) is 2.67. The number of sulfone groups is 1. The van der Waals surface area contributed by atoms with Gasteiger partial charge in [0.1, 0.15) is 5.82 Å². The predicted octanol–water partition coefficient (Wildman–Crippen LogP) is 3.36. The largest absolute Gasteiger partial charge is 0.324 e. The summed E-state index contributed by atoms with van der Waals surface area (Å²) < 4.78 is 25.2. The first-order chi connectivity index (χ1) is 13.3. The lowest BCUT2D eigenvalue weighted by atomic mass is 10.2. The molecule has 3 rings (SSSR count). The number of halogens is 1. The second-order valence-electron chi connectivity index (χ2n) is 6.14. The fourth-order valence-corrected chi connectivity index (χ4v) is 4.99. The second kappa shape index (κ2) is 8.50. The first kappa shape index (κ1) is 20.6. The van der Waals surface area contributed by atoms with Crippen molar-refractivity contribution >= 4 is 56.5 Å². The van der Waals surface area contributed by atoms with Crippen molar-refractivity contribution in [2.75, 3.05) is 16.4 Å². The number of carbonyl (C=O) groups excluding carboxylic acids is 2. The first-order valence-electron chi connectivity index (χ1n) is 8.54. The van der Waals surface area contributed by atoms with E-state index in [4.69, 9.17) is 11.6 Å². The molecule has 0 saturated heterocycles. The Labute approximate surface area is 172 Å². The van der Waals surface area contributed by atoms with Crippen molar-refractivity contribution in [3.63, 3.8) is 0 Å². The fourth-order valence-electron chi connectivity index (χ4n) is 2.59. The summed E-state index contributed by atoms with van der Waals surface area (Å²) in [5.41, 5.74) is 0.482. The molecule has 7 nitrogen and oxygen atoms in total. The van der Waals surface area contributed by atoms with Crippen molar-refractivity contribution < 1.29 is 18.0 Å². The van der Waals surface area contributed by atoms with E-state index >= 15 is 0 Å². The maximum absolute atomic E-state index is 12.6. The van der Waals surface area contributed by atoms with Crippen LogP contribution in [0.25, 0.3) is 0 Å². The summed E-state index contributed by atoms with van der Waals surface area (Å²) in [6.45, 7) is 1.92. The number of rotatable bonds is 6. The van der Waals surface area contributed by atoms with Crippen molar-refractivity contribution in [1.29, 1.82) is 0 Å². The molecule has 0 fully saturated rings. The number of fused-ring (bicyclic) bond motifs is 1. The molecule has 1 atom stereocenters. The Balaban J connectivity index is 1.66. The Kier molecular flexibility index (Phi) is 6.26. The van der Waals surface area contributed by atoms with Crippen molar-refractivity contribution in [2.45, 2.75) is 34.8 Å². The van der Waals surface area contributed by atoms with Crippen molar-refractivity contribution in [3.05, 3.63) is 41.6 Å². The van der Waals surface area contributed by atoms with Crippen LogP contribution in [-0.4, -0.2) is 36.2 Å². The zero-order valence-electron chi connectivity index (χ0n) is 14.9. The summed E-state index contributed by atoms with van der Waals surface area (Å²) in [4.78, 5) is 28.9. The molecule has 0 aliphatic carbocycles. The van der Waals surface area contributed by atoms with E-state index in [1.54, 1.807) is 12.1 Å². The molecule has 0 unspecified atom stereocenters. The highest BCUT2D eigenvalue weighted by atomic mass is 35.5. The molecule has 2 N–H and O–H groups in total. The van der Waals surface area contributed by atoms with Crippen molar-refractivity contribution in [3.8, 4) is 0 Å². The van der Waals surface area contributed by atoms with Gasteiger partial charge in [-0.2, -0.15) is 0 Å². The molecule has 1 aliphatic heterocycles. The topological polar surface area (TPSA) is 105 Å². The number of thioether (sulfide) groups is 1. The molecule has 0 spiro atoms. The molecule has 2 heterocycles. The molecule has 0 saturated carbocycles. The molecular formula is C18H18ClN3O4S2. The van der Waals surface area contributed by atoms with Crippen molar-refractivity contribution in [2.24, 2.45) is 0 Å². The predicted molar refractivity (Wildman–Crippen MR) is 110 cm³/mol. The maximum Gasteiger partial charge on any atom is 0.237 e. The van der Waals surface area contributed by atoms with Crippen LogP contribution in [0.15, 0.2) is 46.3 Å². The van der Waals surface area contributed by atoms with Gasteiger partial charge in [0.15, 0.2) is 9.84 Å². The molecule has 1 aromatic carbocycles. The molecule has 0 bridgehead atoms. The van der Waals surface area contributed by atoms with Gasteiger partial charge in [0.25, 0.3) is 0 Å². The molecule has 10 heteroatoms. The Morgan fingerprint density at radius 2 is 2.11 bits per heavy atom. The van der Waals surface area contributed by atoms with Crippen LogP contribution >= 0.6 is 23.4 Å². The Morgan fingerprint density at radius 3 is 2.79 bits per heavy atom. The monoisotopic (exact) mass is 439 g/mol. The van der Waals surface area contributed by atoms with Gasteiger partial charge in [0.05, 0.1) is 26.6 Å². The number of benzene rings is 1. The molecule has 28 heavy (non-hydrogen) atoms. The first-order valence-corrected chi connectivity index (χ1v) is 11.4. The highest BCUT2D eigenvalue weighted by molar-refractivity contribution is 8.01. The fraction of sp³-hybridized carbons (Fsp3) is 0.278. The lowest BCUT2D eigenvalue weighted by Crippen LogP contribution is -2.28. The van der Waals surface area contributed by atoms with E-state index in [2.05, 4.69) is 15.6 Å². The average molecular weight is 440 g/mol. The number of nitrogens with zero attached hydrogens (tertiary/aromatic N) is 1. The number of hydrogen-bond acceptors (Lipinski definition) is 6. The lowest BCUT2D eigenvalue weighted by molar-refractivity contribution is -0.116. The summed E-state index contributed by atoms with van der Waals surface area (Å²) in [6, 6.07) is 7.74. The minimum absolute atomic E-state index is 0.0690. The summed E-state index contributed by atoms with van der Waals surface area (Å²) in [5.74, 6) is -0.662. The van der Waals surface area contributed by atoms with Gasteiger partial charge < -0.3 is 10.6 Å². The minimum atomic E-state index is -3.69. The highest BCUT2D eigenvalue weighted by Crippen LogP contribution is 2.38. The molecule has 1 aromatic heterocycles. The van der Waals surface area contributed by atoms with Gasteiger partial charge in [-0.3, -0.25) is 9.59 Å². The van der Waals surface area contributed by atoms with Gasteiger partial charge in [-0.1, -0.05) is 18.5 Å².